The van der Waals surface area contributed by atoms with Gasteiger partial charge in [-0.3, -0.25) is 4.79 Å². The SMILES string of the molecule is O=C1Cc2cc(NCc3ccsc3)c(Cl)cc2N1. The fourth-order valence-electron chi connectivity index (χ4n) is 1.97. The van der Waals surface area contributed by atoms with Crippen molar-refractivity contribution in [1.82, 2.24) is 0 Å². The first-order chi connectivity index (χ1) is 8.72. The monoisotopic (exact) mass is 278 g/mol. The molecule has 1 amide bonds. The van der Waals surface area contributed by atoms with Crippen LogP contribution in [0.4, 0.5) is 11.4 Å². The first-order valence-electron chi connectivity index (χ1n) is 5.59. The minimum atomic E-state index is 0.0241. The number of benzene rings is 1. The number of halogens is 1. The van der Waals surface area contributed by atoms with Gasteiger partial charge in [0.2, 0.25) is 5.91 Å². The zero-order valence-electron chi connectivity index (χ0n) is 9.50. The molecular formula is C13H11ClN2OS. The standard InChI is InChI=1S/C13H11ClN2OS/c14-10-5-11-9(4-13(17)16-11)3-12(10)15-6-8-1-2-18-7-8/h1-3,5,7,15H,4,6H2,(H,16,17). The summed E-state index contributed by atoms with van der Waals surface area (Å²) < 4.78 is 0. The highest BCUT2D eigenvalue weighted by Gasteiger charge is 2.19. The number of fused-ring (bicyclic) bond motifs is 1. The first-order valence-corrected chi connectivity index (χ1v) is 6.91. The molecule has 0 saturated carbocycles. The van der Waals surface area contributed by atoms with Crippen molar-refractivity contribution in [2.24, 2.45) is 0 Å². The number of nitrogens with one attached hydrogen (secondary N) is 2. The molecule has 0 spiro atoms. The third-order valence-corrected chi connectivity index (χ3v) is 3.93. The van der Waals surface area contributed by atoms with Crippen molar-refractivity contribution in [3.63, 3.8) is 0 Å². The molecule has 0 radical (unpaired) electrons. The highest BCUT2D eigenvalue weighted by molar-refractivity contribution is 7.07. The molecule has 18 heavy (non-hydrogen) atoms. The van der Waals surface area contributed by atoms with Gasteiger partial charge in [-0.1, -0.05) is 11.6 Å². The molecule has 92 valence electrons. The summed E-state index contributed by atoms with van der Waals surface area (Å²) in [6.45, 7) is 0.739. The summed E-state index contributed by atoms with van der Waals surface area (Å²) in [4.78, 5) is 11.3. The van der Waals surface area contributed by atoms with Gasteiger partial charge in [0.15, 0.2) is 0 Å². The van der Waals surface area contributed by atoms with E-state index in [0.29, 0.717) is 11.4 Å². The average molecular weight is 279 g/mol. The van der Waals surface area contributed by atoms with Gasteiger partial charge < -0.3 is 10.6 Å². The van der Waals surface area contributed by atoms with E-state index >= 15 is 0 Å². The number of rotatable bonds is 3. The fourth-order valence-corrected chi connectivity index (χ4v) is 2.87. The maximum Gasteiger partial charge on any atom is 0.228 e. The summed E-state index contributed by atoms with van der Waals surface area (Å²) in [5, 5.41) is 10.9. The van der Waals surface area contributed by atoms with Crippen LogP contribution < -0.4 is 10.6 Å². The van der Waals surface area contributed by atoms with Gasteiger partial charge in [-0.05, 0) is 40.1 Å². The van der Waals surface area contributed by atoms with E-state index in [-0.39, 0.29) is 5.91 Å². The molecule has 1 aliphatic heterocycles. The summed E-state index contributed by atoms with van der Waals surface area (Å²) in [6, 6.07) is 5.82. The molecule has 0 atom stereocenters. The van der Waals surface area contributed by atoms with Gasteiger partial charge in [0.05, 0.1) is 17.1 Å². The van der Waals surface area contributed by atoms with Gasteiger partial charge in [0.25, 0.3) is 0 Å². The topological polar surface area (TPSA) is 41.1 Å². The minimum absolute atomic E-state index is 0.0241. The van der Waals surface area contributed by atoms with Crippen molar-refractivity contribution in [1.29, 1.82) is 0 Å². The fraction of sp³-hybridized carbons (Fsp3) is 0.154. The third-order valence-electron chi connectivity index (χ3n) is 2.88. The van der Waals surface area contributed by atoms with Gasteiger partial charge in [-0.2, -0.15) is 11.3 Å². The Kier molecular flexibility index (Phi) is 2.97. The number of thiophene rings is 1. The van der Waals surface area contributed by atoms with E-state index in [2.05, 4.69) is 22.1 Å². The summed E-state index contributed by atoms with van der Waals surface area (Å²) in [5.41, 5.74) is 3.92. The Hall–Kier alpha value is -1.52. The first kappa shape index (κ1) is 11.6. The Morgan fingerprint density at radius 3 is 3.11 bits per heavy atom. The van der Waals surface area contributed by atoms with Crippen molar-refractivity contribution >= 4 is 40.2 Å². The quantitative estimate of drug-likeness (QED) is 0.902. The predicted molar refractivity (Wildman–Crippen MR) is 75.4 cm³/mol. The molecule has 5 heteroatoms. The molecule has 1 aromatic heterocycles. The van der Waals surface area contributed by atoms with Crippen LogP contribution in [-0.2, 0) is 17.8 Å². The molecule has 3 rings (SSSR count). The number of anilines is 2. The molecule has 0 bridgehead atoms. The van der Waals surface area contributed by atoms with Gasteiger partial charge in [-0.15, -0.1) is 0 Å². The molecule has 0 aliphatic carbocycles. The van der Waals surface area contributed by atoms with E-state index in [9.17, 15) is 4.79 Å². The third kappa shape index (κ3) is 2.21. The van der Waals surface area contributed by atoms with Crippen molar-refractivity contribution in [3.8, 4) is 0 Å². The minimum Gasteiger partial charge on any atom is -0.380 e. The zero-order chi connectivity index (χ0) is 12.5. The maximum absolute atomic E-state index is 11.3. The van der Waals surface area contributed by atoms with E-state index in [0.717, 1.165) is 23.5 Å². The normalized spacial score (nSPS) is 13.3. The van der Waals surface area contributed by atoms with E-state index in [1.54, 1.807) is 17.4 Å². The van der Waals surface area contributed by atoms with E-state index in [1.165, 1.54) is 5.56 Å². The lowest BCUT2D eigenvalue weighted by molar-refractivity contribution is -0.115. The maximum atomic E-state index is 11.3. The number of carbonyl (C=O) groups excluding carboxylic acids is 1. The predicted octanol–water partition coefficient (Wildman–Crippen LogP) is 3.51. The van der Waals surface area contributed by atoms with Crippen LogP contribution in [0.3, 0.4) is 0 Å². The van der Waals surface area contributed by atoms with Gasteiger partial charge in [0.1, 0.15) is 0 Å². The molecule has 1 aromatic carbocycles. The Labute approximate surface area is 114 Å². The second-order valence-corrected chi connectivity index (χ2v) is 5.39. The number of hydrogen-bond donors (Lipinski definition) is 2. The molecule has 1 aliphatic rings. The highest BCUT2D eigenvalue weighted by atomic mass is 35.5. The van der Waals surface area contributed by atoms with Crippen molar-refractivity contribution in [2.75, 3.05) is 10.6 Å². The molecule has 0 saturated heterocycles. The van der Waals surface area contributed by atoms with Crippen LogP contribution in [0.5, 0.6) is 0 Å². The summed E-state index contributed by atoms with van der Waals surface area (Å²) in [5.74, 6) is 0.0241. The molecule has 0 unspecified atom stereocenters. The van der Waals surface area contributed by atoms with Crippen LogP contribution in [0.1, 0.15) is 11.1 Å². The number of carbonyl (C=O) groups is 1. The second-order valence-electron chi connectivity index (χ2n) is 4.20. The lowest BCUT2D eigenvalue weighted by atomic mass is 10.1. The van der Waals surface area contributed by atoms with Crippen LogP contribution in [0.15, 0.2) is 29.0 Å². The van der Waals surface area contributed by atoms with Gasteiger partial charge in [0, 0.05) is 12.2 Å². The summed E-state index contributed by atoms with van der Waals surface area (Å²) >= 11 is 7.86. The lowest BCUT2D eigenvalue weighted by Crippen LogP contribution is -2.03. The Morgan fingerprint density at radius 2 is 2.33 bits per heavy atom. The van der Waals surface area contributed by atoms with Crippen LogP contribution in [0.2, 0.25) is 5.02 Å². The lowest BCUT2D eigenvalue weighted by Gasteiger charge is -2.09. The Balaban J connectivity index is 1.80. The van der Waals surface area contributed by atoms with Gasteiger partial charge >= 0.3 is 0 Å². The van der Waals surface area contributed by atoms with Crippen molar-refractivity contribution < 1.29 is 4.79 Å². The molecular weight excluding hydrogens is 268 g/mol. The van der Waals surface area contributed by atoms with E-state index in [1.807, 2.05) is 11.4 Å². The van der Waals surface area contributed by atoms with Crippen LogP contribution in [-0.4, -0.2) is 5.91 Å². The van der Waals surface area contributed by atoms with E-state index < -0.39 is 0 Å². The smallest absolute Gasteiger partial charge is 0.228 e. The summed E-state index contributed by atoms with van der Waals surface area (Å²) in [7, 11) is 0. The summed E-state index contributed by atoms with van der Waals surface area (Å²) in [6.07, 6.45) is 0.430. The Morgan fingerprint density at radius 1 is 1.44 bits per heavy atom. The van der Waals surface area contributed by atoms with Crippen LogP contribution in [0.25, 0.3) is 0 Å². The molecule has 0 fully saturated rings. The average Bonchev–Trinajstić information content (AvgIpc) is 2.94. The zero-order valence-corrected chi connectivity index (χ0v) is 11.1. The van der Waals surface area contributed by atoms with Crippen molar-refractivity contribution in [3.05, 3.63) is 45.1 Å². The molecule has 2 N–H and O–H groups in total. The largest absolute Gasteiger partial charge is 0.380 e. The molecule has 2 heterocycles. The second kappa shape index (κ2) is 4.63. The molecule has 3 nitrogen and oxygen atoms in total. The van der Waals surface area contributed by atoms with Crippen molar-refractivity contribution in [2.45, 2.75) is 13.0 Å². The Bertz CT molecular complexity index is 595. The number of amides is 1. The van der Waals surface area contributed by atoms with Crippen LogP contribution >= 0.6 is 22.9 Å². The van der Waals surface area contributed by atoms with E-state index in [4.69, 9.17) is 11.6 Å². The molecule has 2 aromatic rings. The highest BCUT2D eigenvalue weighted by Crippen LogP contribution is 2.33. The van der Waals surface area contributed by atoms with Gasteiger partial charge in [-0.25, -0.2) is 0 Å². The number of hydrogen-bond acceptors (Lipinski definition) is 3. The van der Waals surface area contributed by atoms with Crippen LogP contribution in [0, 0.1) is 0 Å².